The molecule has 0 bridgehead atoms. The number of nitro benzene ring substituents is 1. The maximum Gasteiger partial charge on any atom is 0.347 e. The van der Waals surface area contributed by atoms with Crippen molar-refractivity contribution in [2.45, 2.75) is 5.60 Å². The van der Waals surface area contributed by atoms with Gasteiger partial charge in [-0.3, -0.25) is 10.1 Å². The van der Waals surface area contributed by atoms with E-state index in [-0.39, 0.29) is 22.2 Å². The number of esters is 3. The summed E-state index contributed by atoms with van der Waals surface area (Å²) in [6.07, 6.45) is 0. The average Bonchev–Trinajstić information content (AvgIpc) is 2.93. The third-order valence-corrected chi connectivity index (χ3v) is 4.43. The van der Waals surface area contributed by atoms with Crippen LogP contribution >= 0.6 is 15.9 Å². The van der Waals surface area contributed by atoms with Gasteiger partial charge in [0.05, 0.1) is 24.5 Å². The van der Waals surface area contributed by atoms with Crippen LogP contribution in [0.3, 0.4) is 0 Å². The SMILES string of the molecule is COC(=O)C1=C(C(=O)OC)C(CBr)(c2ccc([N+](=O)[O-])cc2)OC1=O. The Hall–Kier alpha value is -2.75. The van der Waals surface area contributed by atoms with Crippen LogP contribution in [0, 0.1) is 10.1 Å². The topological polar surface area (TPSA) is 122 Å². The second-order valence-electron chi connectivity index (χ2n) is 4.89. The minimum Gasteiger partial charge on any atom is -0.466 e. The number of non-ortho nitro benzene ring substituents is 1. The molecule has 1 aliphatic rings. The van der Waals surface area contributed by atoms with Gasteiger partial charge in [-0.1, -0.05) is 15.9 Å². The maximum atomic E-state index is 12.3. The lowest BCUT2D eigenvalue weighted by molar-refractivity contribution is -0.384. The van der Waals surface area contributed by atoms with E-state index in [0.29, 0.717) is 0 Å². The van der Waals surface area contributed by atoms with Gasteiger partial charge in [-0.25, -0.2) is 14.4 Å². The zero-order valence-corrected chi connectivity index (χ0v) is 14.7. The number of ether oxygens (including phenoxy) is 3. The Kier molecular flexibility index (Phi) is 5.21. The summed E-state index contributed by atoms with van der Waals surface area (Å²) in [5.74, 6) is -3.05. The summed E-state index contributed by atoms with van der Waals surface area (Å²) in [6, 6.07) is 5.04. The Morgan fingerprint density at radius 1 is 1.20 bits per heavy atom. The molecule has 25 heavy (non-hydrogen) atoms. The van der Waals surface area contributed by atoms with E-state index >= 15 is 0 Å². The molecule has 1 unspecified atom stereocenters. The molecule has 1 heterocycles. The quantitative estimate of drug-likeness (QED) is 0.177. The van der Waals surface area contributed by atoms with Crippen molar-refractivity contribution >= 4 is 39.5 Å². The number of hydrogen-bond acceptors (Lipinski definition) is 8. The first kappa shape index (κ1) is 18.6. The van der Waals surface area contributed by atoms with Crippen molar-refractivity contribution in [3.63, 3.8) is 0 Å². The molecule has 0 N–H and O–H groups in total. The molecule has 0 fully saturated rings. The molecule has 0 saturated carbocycles. The van der Waals surface area contributed by atoms with Crippen LogP contribution in [-0.2, 0) is 34.2 Å². The second-order valence-corrected chi connectivity index (χ2v) is 5.45. The summed E-state index contributed by atoms with van der Waals surface area (Å²) in [6.45, 7) is 0. The second kappa shape index (κ2) is 7.01. The lowest BCUT2D eigenvalue weighted by Crippen LogP contribution is -2.35. The molecule has 1 aromatic carbocycles. The first-order valence-corrected chi connectivity index (χ1v) is 7.90. The van der Waals surface area contributed by atoms with Crippen LogP contribution < -0.4 is 0 Å². The fourth-order valence-corrected chi connectivity index (χ4v) is 3.17. The molecule has 1 aromatic rings. The highest BCUT2D eigenvalue weighted by molar-refractivity contribution is 9.09. The molecule has 0 aliphatic carbocycles. The van der Waals surface area contributed by atoms with E-state index < -0.39 is 34.0 Å². The molecule has 2 rings (SSSR count). The predicted octanol–water partition coefficient (Wildman–Crippen LogP) is 1.38. The monoisotopic (exact) mass is 413 g/mol. The van der Waals surface area contributed by atoms with E-state index in [1.54, 1.807) is 0 Å². The third-order valence-electron chi connectivity index (χ3n) is 3.64. The fraction of sp³-hybridized carbons (Fsp3) is 0.267. The number of nitro groups is 1. The molecule has 9 nitrogen and oxygen atoms in total. The molecule has 0 saturated heterocycles. The van der Waals surface area contributed by atoms with Gasteiger partial charge in [-0.15, -0.1) is 0 Å². The predicted molar refractivity (Wildman–Crippen MR) is 85.7 cm³/mol. The van der Waals surface area contributed by atoms with Crippen LogP contribution in [0.5, 0.6) is 0 Å². The molecule has 0 spiro atoms. The lowest BCUT2D eigenvalue weighted by Gasteiger charge is -2.28. The van der Waals surface area contributed by atoms with Gasteiger partial charge in [-0.2, -0.15) is 0 Å². The Bertz CT molecular complexity index is 785. The minimum absolute atomic E-state index is 0.0888. The number of methoxy groups -OCH3 is 2. The van der Waals surface area contributed by atoms with Gasteiger partial charge in [0.25, 0.3) is 5.69 Å². The van der Waals surface area contributed by atoms with Crippen molar-refractivity contribution in [3.05, 3.63) is 51.1 Å². The molecule has 0 radical (unpaired) electrons. The molecule has 132 valence electrons. The number of alkyl halides is 1. The highest BCUT2D eigenvalue weighted by atomic mass is 79.9. The fourth-order valence-electron chi connectivity index (χ4n) is 2.45. The van der Waals surface area contributed by atoms with Crippen LogP contribution in [0.4, 0.5) is 5.69 Å². The van der Waals surface area contributed by atoms with Gasteiger partial charge in [0.1, 0.15) is 5.57 Å². The first-order valence-electron chi connectivity index (χ1n) is 6.78. The molecule has 1 atom stereocenters. The third kappa shape index (κ3) is 3.00. The minimum atomic E-state index is -1.68. The van der Waals surface area contributed by atoms with Crippen molar-refractivity contribution in [2.75, 3.05) is 19.5 Å². The van der Waals surface area contributed by atoms with E-state index in [4.69, 9.17) is 4.74 Å². The van der Waals surface area contributed by atoms with Gasteiger partial charge in [0.2, 0.25) is 0 Å². The maximum absolute atomic E-state index is 12.3. The number of carbonyl (C=O) groups excluding carboxylic acids is 3. The van der Waals surface area contributed by atoms with Gasteiger partial charge in [0, 0.05) is 17.7 Å². The molecule has 0 aromatic heterocycles. The molecular formula is C15H12BrNO8. The van der Waals surface area contributed by atoms with E-state index in [9.17, 15) is 24.5 Å². The first-order chi connectivity index (χ1) is 11.8. The van der Waals surface area contributed by atoms with Gasteiger partial charge in [0.15, 0.2) is 11.2 Å². The summed E-state index contributed by atoms with van der Waals surface area (Å²) < 4.78 is 14.6. The van der Waals surface area contributed by atoms with Crippen molar-refractivity contribution in [1.82, 2.24) is 0 Å². The summed E-state index contributed by atoms with van der Waals surface area (Å²) in [5, 5.41) is 10.7. The van der Waals surface area contributed by atoms with E-state index in [2.05, 4.69) is 25.4 Å². The zero-order chi connectivity index (χ0) is 18.8. The molecule has 0 amide bonds. The highest BCUT2D eigenvalue weighted by Gasteiger charge is 2.54. The number of benzene rings is 1. The van der Waals surface area contributed by atoms with Crippen LogP contribution in [-0.4, -0.2) is 42.4 Å². The van der Waals surface area contributed by atoms with E-state index in [1.807, 2.05) is 0 Å². The van der Waals surface area contributed by atoms with Crippen molar-refractivity contribution < 1.29 is 33.5 Å². The van der Waals surface area contributed by atoms with Gasteiger partial charge < -0.3 is 14.2 Å². The van der Waals surface area contributed by atoms with Gasteiger partial charge >= 0.3 is 17.9 Å². The summed E-state index contributed by atoms with van der Waals surface area (Å²) in [5.41, 5.74) is -2.52. The Balaban J connectivity index is 2.71. The zero-order valence-electron chi connectivity index (χ0n) is 13.1. The van der Waals surface area contributed by atoms with Crippen molar-refractivity contribution in [2.24, 2.45) is 0 Å². The number of nitrogens with zero attached hydrogens (tertiary/aromatic N) is 1. The molecule has 10 heteroatoms. The van der Waals surface area contributed by atoms with E-state index in [0.717, 1.165) is 14.2 Å². The van der Waals surface area contributed by atoms with Crippen molar-refractivity contribution in [1.29, 1.82) is 0 Å². The summed E-state index contributed by atoms with van der Waals surface area (Å²) >= 11 is 3.18. The van der Waals surface area contributed by atoms with Crippen LogP contribution in [0.1, 0.15) is 5.56 Å². The summed E-state index contributed by atoms with van der Waals surface area (Å²) in [7, 11) is 2.14. The Morgan fingerprint density at radius 2 is 1.76 bits per heavy atom. The number of halogens is 1. The number of cyclic esters (lactones) is 1. The van der Waals surface area contributed by atoms with Crippen LogP contribution in [0.2, 0.25) is 0 Å². The number of hydrogen-bond donors (Lipinski definition) is 0. The highest BCUT2D eigenvalue weighted by Crippen LogP contribution is 2.44. The van der Waals surface area contributed by atoms with Gasteiger partial charge in [-0.05, 0) is 12.1 Å². The lowest BCUT2D eigenvalue weighted by atomic mass is 9.86. The smallest absolute Gasteiger partial charge is 0.347 e. The number of carbonyl (C=O) groups is 3. The van der Waals surface area contributed by atoms with Crippen LogP contribution in [0.25, 0.3) is 0 Å². The Morgan fingerprint density at radius 3 is 2.20 bits per heavy atom. The Labute approximate surface area is 149 Å². The average molecular weight is 414 g/mol. The van der Waals surface area contributed by atoms with E-state index in [1.165, 1.54) is 24.3 Å². The molecule has 1 aliphatic heterocycles. The summed E-state index contributed by atoms with van der Waals surface area (Å²) in [4.78, 5) is 46.6. The van der Waals surface area contributed by atoms with Crippen LogP contribution in [0.15, 0.2) is 35.4 Å². The molecular weight excluding hydrogens is 402 g/mol. The normalized spacial score (nSPS) is 19.4. The van der Waals surface area contributed by atoms with Crippen molar-refractivity contribution in [3.8, 4) is 0 Å². The largest absolute Gasteiger partial charge is 0.466 e. The number of rotatable bonds is 5. The standard InChI is InChI=1S/C15H12BrNO8/c1-23-12(18)10-11(14(20)24-2)15(7-16,25-13(10)19)8-3-5-9(6-4-8)17(21)22/h3-6H,7H2,1-2H3.